The monoisotopic (exact) mass is 877 g/mol. The number of amides is 1. The lowest BCUT2D eigenvalue weighted by molar-refractivity contribution is -0.139. The lowest BCUT2D eigenvalue weighted by Gasteiger charge is -2.42. The van der Waals surface area contributed by atoms with Crippen LogP contribution < -0.4 is 5.32 Å². The van der Waals surface area contributed by atoms with E-state index in [1.807, 2.05) is 30.3 Å². The fourth-order valence-corrected chi connectivity index (χ4v) is 10.0. The molecule has 0 saturated heterocycles. The Morgan fingerprint density at radius 2 is 1.05 bits per heavy atom. The molecule has 0 saturated carbocycles. The number of rotatable bonds is 35. The van der Waals surface area contributed by atoms with Gasteiger partial charge in [-0.2, -0.15) is 0 Å². The van der Waals surface area contributed by atoms with Gasteiger partial charge in [0.2, 0.25) is 0 Å². The van der Waals surface area contributed by atoms with Gasteiger partial charge in [0.25, 0.3) is 0 Å². The van der Waals surface area contributed by atoms with Crippen molar-refractivity contribution in [1.29, 1.82) is 0 Å². The van der Waals surface area contributed by atoms with Gasteiger partial charge < -0.3 is 24.0 Å². The Labute approximate surface area is 372 Å². The average molecular weight is 877 g/mol. The van der Waals surface area contributed by atoms with E-state index in [2.05, 4.69) is 91.8 Å². The van der Waals surface area contributed by atoms with Crippen LogP contribution in [0.1, 0.15) is 189 Å². The smallest absolute Gasteiger partial charge is 0.407 e. The van der Waals surface area contributed by atoms with Crippen LogP contribution in [0.15, 0.2) is 30.3 Å². The third-order valence-corrected chi connectivity index (χ3v) is 22.3. The van der Waals surface area contributed by atoms with Crippen LogP contribution in [-0.4, -0.2) is 83.2 Å². The van der Waals surface area contributed by atoms with Crippen molar-refractivity contribution in [3.63, 3.8) is 0 Å². The molecule has 0 aromatic heterocycles. The second kappa shape index (κ2) is 30.4. The Bertz CT molecular complexity index is 1200. The van der Waals surface area contributed by atoms with Crippen molar-refractivity contribution < 1.29 is 28.3 Å². The maximum absolute atomic E-state index is 12.9. The summed E-state index contributed by atoms with van der Waals surface area (Å²) in [6.45, 7) is 30.6. The van der Waals surface area contributed by atoms with Gasteiger partial charge in [0.1, 0.15) is 6.04 Å². The summed E-state index contributed by atoms with van der Waals surface area (Å²) >= 11 is 0. The fraction of sp³-hybridized carbons (Fsp3) is 0.840. The van der Waals surface area contributed by atoms with E-state index in [1.54, 1.807) is 0 Å². The van der Waals surface area contributed by atoms with Crippen molar-refractivity contribution in [2.75, 3.05) is 26.2 Å². The van der Waals surface area contributed by atoms with E-state index >= 15 is 0 Å². The number of carbonyl (C=O) groups is 2. The van der Waals surface area contributed by atoms with Crippen molar-refractivity contribution in [2.45, 2.75) is 245 Å². The topological polar surface area (TPSA) is 97.3 Å². The molecule has 0 aliphatic rings. The quantitative estimate of drug-likeness (QED) is 0.0518. The summed E-state index contributed by atoms with van der Waals surface area (Å²) in [4.78, 5) is 27.5. The highest BCUT2D eigenvalue weighted by atomic mass is 28.4. The zero-order valence-corrected chi connectivity index (χ0v) is 43.2. The molecule has 1 aromatic carbocycles. The van der Waals surface area contributed by atoms with E-state index in [0.717, 1.165) is 38.0 Å². The molecule has 350 valence electrons. The van der Waals surface area contributed by atoms with Gasteiger partial charge in [-0.15, -0.1) is 0 Å². The van der Waals surface area contributed by atoms with Crippen molar-refractivity contribution in [2.24, 2.45) is 0 Å². The zero-order chi connectivity index (χ0) is 45.1. The highest BCUT2D eigenvalue weighted by molar-refractivity contribution is 6.74. The first-order valence-electron chi connectivity index (χ1n) is 24.5. The van der Waals surface area contributed by atoms with Crippen molar-refractivity contribution in [3.8, 4) is 0 Å². The first-order valence-corrected chi connectivity index (χ1v) is 30.3. The number of ether oxygens (including phenoxy) is 1. The standard InChI is InChI=1S/C50H96N2O6Si2/c1-13-15-17-19-21-23-25-30-35-44(57-59(9,10)49(3,4)5)41-52(39-32-40-56-48(55)51-46(47(53)54)38-37-43-33-28-27-29-34-43)42-45(58-60(11,12)50(6,7)8)36-31-26-24-22-20-18-16-14-2/h27-29,33-34,44-46H,13-26,30-32,35-42H2,1-12H3,(H,51,55)(H,53,54)/t44?,45?,46-/m0/s1. The normalized spacial score (nSPS) is 14.3. The molecule has 1 amide bonds. The molecule has 2 N–H and O–H groups in total. The Morgan fingerprint density at radius 3 is 1.45 bits per heavy atom. The van der Waals surface area contributed by atoms with Crippen molar-refractivity contribution in [3.05, 3.63) is 35.9 Å². The van der Waals surface area contributed by atoms with E-state index < -0.39 is 34.7 Å². The molecule has 0 bridgehead atoms. The van der Waals surface area contributed by atoms with E-state index in [4.69, 9.17) is 13.6 Å². The zero-order valence-electron chi connectivity index (χ0n) is 41.2. The molecular formula is C50H96N2O6Si2. The number of carboxylic acids is 1. The summed E-state index contributed by atoms with van der Waals surface area (Å²) < 4.78 is 20.2. The highest BCUT2D eigenvalue weighted by Crippen LogP contribution is 2.39. The summed E-state index contributed by atoms with van der Waals surface area (Å²) in [5.74, 6) is -1.05. The predicted octanol–water partition coefficient (Wildman–Crippen LogP) is 14.3. The van der Waals surface area contributed by atoms with Gasteiger partial charge >= 0.3 is 12.1 Å². The molecule has 0 aliphatic carbocycles. The van der Waals surface area contributed by atoms with Crippen LogP contribution in [0.5, 0.6) is 0 Å². The highest BCUT2D eigenvalue weighted by Gasteiger charge is 2.41. The molecule has 3 atom stereocenters. The lowest BCUT2D eigenvalue weighted by atomic mass is 10.0. The molecule has 0 aliphatic heterocycles. The maximum Gasteiger partial charge on any atom is 0.407 e. The summed E-state index contributed by atoms with van der Waals surface area (Å²) in [6.07, 6.45) is 23.8. The molecule has 8 nitrogen and oxygen atoms in total. The van der Waals surface area contributed by atoms with Crippen LogP contribution >= 0.6 is 0 Å². The Hall–Kier alpha value is -1.73. The number of aliphatic carboxylic acids is 1. The summed E-state index contributed by atoms with van der Waals surface area (Å²) in [5.41, 5.74) is 1.04. The van der Waals surface area contributed by atoms with Crippen LogP contribution in [0.4, 0.5) is 4.79 Å². The number of hydrogen-bond donors (Lipinski definition) is 2. The van der Waals surface area contributed by atoms with E-state index in [9.17, 15) is 14.7 Å². The largest absolute Gasteiger partial charge is 0.480 e. The minimum atomic E-state index is -2.05. The summed E-state index contributed by atoms with van der Waals surface area (Å²) in [7, 11) is -4.11. The van der Waals surface area contributed by atoms with Crippen LogP contribution in [0.25, 0.3) is 0 Å². The van der Waals surface area contributed by atoms with Gasteiger partial charge in [-0.3, -0.25) is 4.90 Å². The Balaban J connectivity index is 3.20. The van der Waals surface area contributed by atoms with Gasteiger partial charge in [-0.05, 0) is 73.9 Å². The molecule has 10 heteroatoms. The molecule has 0 radical (unpaired) electrons. The number of carbonyl (C=O) groups excluding carboxylic acids is 1. The third kappa shape index (κ3) is 25.4. The number of alkyl carbamates (subject to hydrolysis) is 1. The SMILES string of the molecule is CCCCCCCCCCC(CN(CCCOC(=O)N[C@@H](CCc1ccccc1)C(=O)O)CC(CCCCCCCCCC)O[Si](C)(C)C(C)(C)C)O[Si](C)(C)C(C)(C)C. The number of nitrogens with zero attached hydrogens (tertiary/aromatic N) is 1. The Kier molecular flexibility index (Phi) is 28.5. The van der Waals surface area contributed by atoms with Crippen LogP contribution in [0.2, 0.25) is 36.3 Å². The number of hydrogen-bond acceptors (Lipinski definition) is 6. The first kappa shape index (κ1) is 56.3. The number of benzene rings is 1. The van der Waals surface area contributed by atoms with Crippen molar-refractivity contribution >= 4 is 28.7 Å². The number of unbranched alkanes of at least 4 members (excludes halogenated alkanes) is 14. The summed E-state index contributed by atoms with van der Waals surface area (Å²) in [5, 5.41) is 12.7. The number of nitrogens with one attached hydrogen (secondary N) is 1. The van der Waals surface area contributed by atoms with Crippen molar-refractivity contribution in [1.82, 2.24) is 10.2 Å². The summed E-state index contributed by atoms with van der Waals surface area (Å²) in [6, 6.07) is 8.74. The second-order valence-corrected chi connectivity index (χ2v) is 30.3. The number of carboxylic acid groups (broad SMARTS) is 1. The Morgan fingerprint density at radius 1 is 0.633 bits per heavy atom. The van der Waals surface area contributed by atoms with Crippen LogP contribution in [-0.2, 0) is 24.8 Å². The molecule has 0 heterocycles. The maximum atomic E-state index is 12.9. The van der Waals surface area contributed by atoms with Gasteiger partial charge in [0, 0.05) is 19.6 Å². The molecule has 0 spiro atoms. The second-order valence-electron chi connectivity index (χ2n) is 20.8. The van der Waals surface area contributed by atoms with Gasteiger partial charge in [0.05, 0.1) is 18.8 Å². The number of aryl methyl sites for hydroxylation is 1. The van der Waals surface area contributed by atoms with E-state index in [-0.39, 0.29) is 28.9 Å². The van der Waals surface area contributed by atoms with Gasteiger partial charge in [-0.1, -0.05) is 188 Å². The first-order chi connectivity index (χ1) is 28.2. The van der Waals surface area contributed by atoms with E-state index in [0.29, 0.717) is 19.3 Å². The molecule has 0 fully saturated rings. The van der Waals surface area contributed by atoms with Gasteiger partial charge in [-0.25, -0.2) is 9.59 Å². The lowest BCUT2D eigenvalue weighted by Crippen LogP contribution is -2.50. The molecule has 2 unspecified atom stereocenters. The minimum absolute atomic E-state index is 0.107. The molecule has 1 rings (SSSR count). The van der Waals surface area contributed by atoms with Gasteiger partial charge in [0.15, 0.2) is 16.6 Å². The predicted molar refractivity (Wildman–Crippen MR) is 260 cm³/mol. The minimum Gasteiger partial charge on any atom is -0.480 e. The molecule has 1 aromatic rings. The molecule has 60 heavy (non-hydrogen) atoms. The fourth-order valence-electron chi connectivity index (χ4n) is 7.26. The third-order valence-electron chi connectivity index (χ3n) is 13.2. The molecular weight excluding hydrogens is 781 g/mol. The van der Waals surface area contributed by atoms with Crippen LogP contribution in [0.3, 0.4) is 0 Å². The van der Waals surface area contributed by atoms with Crippen LogP contribution in [0, 0.1) is 0 Å². The average Bonchev–Trinajstić information content (AvgIpc) is 3.16. The van der Waals surface area contributed by atoms with E-state index in [1.165, 1.54) is 103 Å².